The molecule has 0 atom stereocenters. The van der Waals surface area contributed by atoms with E-state index in [1.165, 1.54) is 65.3 Å². The fourth-order valence-electron chi connectivity index (χ4n) is 11.0. The van der Waals surface area contributed by atoms with Crippen LogP contribution < -0.4 is 9.80 Å². The molecular weight excluding hydrogens is 917 g/mol. The van der Waals surface area contributed by atoms with Gasteiger partial charge in [-0.15, -0.1) is 0 Å². The van der Waals surface area contributed by atoms with Gasteiger partial charge in [-0.2, -0.15) is 0 Å². The number of benzene rings is 13. The maximum atomic E-state index is 2.38. The highest BCUT2D eigenvalue weighted by Crippen LogP contribution is 2.46. The first kappa shape index (κ1) is 45.8. The highest BCUT2D eigenvalue weighted by atomic mass is 15.1. The van der Waals surface area contributed by atoms with E-state index in [-0.39, 0.29) is 0 Å². The van der Waals surface area contributed by atoms with Crippen LogP contribution in [-0.2, 0) is 0 Å². The predicted octanol–water partition coefficient (Wildman–Crippen LogP) is 20.9. The van der Waals surface area contributed by atoms with Crippen LogP contribution >= 0.6 is 0 Å². The zero-order valence-electron chi connectivity index (χ0n) is 41.9. The Morgan fingerprint density at radius 1 is 0.211 bits per heavy atom. The highest BCUT2D eigenvalue weighted by molar-refractivity contribution is 6.22. The maximum absolute atomic E-state index is 2.38. The molecule has 13 rings (SSSR count). The summed E-state index contributed by atoms with van der Waals surface area (Å²) in [5, 5.41) is 9.74. The summed E-state index contributed by atoms with van der Waals surface area (Å²) >= 11 is 0. The Morgan fingerprint density at radius 2 is 0.526 bits per heavy atom. The Balaban J connectivity index is 0.875. The third-order valence-corrected chi connectivity index (χ3v) is 14.6. The lowest BCUT2D eigenvalue weighted by Crippen LogP contribution is -2.10. The van der Waals surface area contributed by atoms with E-state index in [0.29, 0.717) is 0 Å². The second-order valence-corrected chi connectivity index (χ2v) is 19.3. The number of para-hydroxylation sites is 2. The largest absolute Gasteiger partial charge is 0.310 e. The topological polar surface area (TPSA) is 6.48 Å². The van der Waals surface area contributed by atoms with E-state index in [2.05, 4.69) is 325 Å². The summed E-state index contributed by atoms with van der Waals surface area (Å²) in [6.07, 6.45) is 8.96. The van der Waals surface area contributed by atoms with Gasteiger partial charge in [0.05, 0.1) is 11.4 Å². The Bertz CT molecular complexity index is 3950. The Labute approximate surface area is 444 Å². The van der Waals surface area contributed by atoms with Gasteiger partial charge in [0.1, 0.15) is 0 Å². The smallest absolute Gasteiger partial charge is 0.0540 e. The van der Waals surface area contributed by atoms with E-state index in [1.54, 1.807) is 0 Å². The van der Waals surface area contributed by atoms with Gasteiger partial charge < -0.3 is 9.80 Å². The lowest BCUT2D eigenvalue weighted by Gasteiger charge is -2.27. The maximum Gasteiger partial charge on any atom is 0.0540 e. The second kappa shape index (κ2) is 20.5. The van der Waals surface area contributed by atoms with Gasteiger partial charge in [-0.3, -0.25) is 0 Å². The summed E-state index contributed by atoms with van der Waals surface area (Å²) in [5.41, 5.74) is 16.2. The van der Waals surface area contributed by atoms with Gasteiger partial charge in [0.15, 0.2) is 0 Å². The van der Waals surface area contributed by atoms with Gasteiger partial charge >= 0.3 is 0 Å². The van der Waals surface area contributed by atoms with Crippen LogP contribution in [0.25, 0.3) is 89.6 Å². The zero-order valence-corrected chi connectivity index (χ0v) is 41.9. The van der Waals surface area contributed by atoms with Crippen molar-refractivity contribution in [2.24, 2.45) is 0 Å². The van der Waals surface area contributed by atoms with Crippen molar-refractivity contribution in [2.75, 3.05) is 9.80 Å². The molecule has 0 unspecified atom stereocenters. The molecular formula is C74H52N2. The van der Waals surface area contributed by atoms with Crippen LogP contribution in [0, 0.1) is 0 Å². The van der Waals surface area contributed by atoms with Crippen LogP contribution in [0.15, 0.2) is 291 Å². The van der Waals surface area contributed by atoms with Gasteiger partial charge in [-0.1, -0.05) is 243 Å². The van der Waals surface area contributed by atoms with Crippen molar-refractivity contribution in [1.82, 2.24) is 0 Å². The molecule has 0 aliphatic rings. The number of hydrogen-bond donors (Lipinski definition) is 0. The molecule has 0 spiro atoms. The molecule has 0 aliphatic carbocycles. The monoisotopic (exact) mass is 968 g/mol. The molecule has 0 saturated carbocycles. The molecule has 0 amide bonds. The summed E-state index contributed by atoms with van der Waals surface area (Å²) in [6.45, 7) is 0. The molecule has 0 radical (unpaired) electrons. The average molecular weight is 969 g/mol. The van der Waals surface area contributed by atoms with E-state index < -0.39 is 0 Å². The SMILES string of the molecule is C(=C\c1ccc2c(-c3ccccc3)c(-c3ccccc3)c3ccc(/C=C/c4ccc(N(c5ccccc5)c5cccc6ccccc56)cc4)cc3c2c1)/c1ccc(N(c2ccccc2)c2cccc3ccccc23)cc1. The molecule has 0 N–H and O–H groups in total. The normalized spacial score (nSPS) is 11.6. The Kier molecular flexibility index (Phi) is 12.3. The standard InChI is InChI=1S/C74H52N2/c1-5-21-59(22-6-1)73-67-49-43-55(37-35-53-39-45-63(46-40-53)75(61-27-9-3-10-28-61)71-33-17-25-57-19-13-15-31-65(57)71)51-69(67)70-52-56(44-50-68(70)74(73)60-23-7-2-8-24-60)38-36-54-41-47-64(48-42-54)76(62-29-11-4-12-30-62)72-34-18-26-58-20-14-16-32-66(58)72/h1-52H/b37-35+,38-36+. The van der Waals surface area contributed by atoms with E-state index in [9.17, 15) is 0 Å². The molecule has 0 fully saturated rings. The van der Waals surface area contributed by atoms with E-state index in [1.807, 2.05) is 0 Å². The molecule has 358 valence electrons. The lowest BCUT2D eigenvalue weighted by molar-refractivity contribution is 1.30. The van der Waals surface area contributed by atoms with Crippen molar-refractivity contribution in [3.8, 4) is 22.3 Å². The average Bonchev–Trinajstić information content (AvgIpc) is 3.54. The summed E-state index contributed by atoms with van der Waals surface area (Å²) in [5.74, 6) is 0. The minimum atomic E-state index is 1.10. The second-order valence-electron chi connectivity index (χ2n) is 19.3. The third kappa shape index (κ3) is 8.99. The molecule has 13 aromatic rings. The van der Waals surface area contributed by atoms with Crippen LogP contribution in [-0.4, -0.2) is 0 Å². The summed E-state index contributed by atoms with van der Waals surface area (Å²) in [7, 11) is 0. The van der Waals surface area contributed by atoms with E-state index in [4.69, 9.17) is 0 Å². The minimum absolute atomic E-state index is 1.10. The lowest BCUT2D eigenvalue weighted by atomic mass is 9.84. The molecule has 0 aliphatic heterocycles. The molecule has 13 aromatic carbocycles. The fraction of sp³-hybridized carbons (Fsp3) is 0. The number of hydrogen-bond acceptors (Lipinski definition) is 2. The van der Waals surface area contributed by atoms with Crippen LogP contribution in [0.2, 0.25) is 0 Å². The molecule has 0 saturated heterocycles. The molecule has 2 heteroatoms. The quantitative estimate of drug-likeness (QED) is 0.0889. The van der Waals surface area contributed by atoms with Crippen molar-refractivity contribution >= 4 is 102 Å². The molecule has 0 heterocycles. The van der Waals surface area contributed by atoms with Crippen LogP contribution in [0.3, 0.4) is 0 Å². The van der Waals surface area contributed by atoms with Crippen molar-refractivity contribution in [3.05, 3.63) is 313 Å². The van der Waals surface area contributed by atoms with E-state index >= 15 is 0 Å². The number of anilines is 6. The molecule has 0 aromatic heterocycles. The van der Waals surface area contributed by atoms with E-state index in [0.717, 1.165) is 56.4 Å². The van der Waals surface area contributed by atoms with Crippen molar-refractivity contribution in [2.45, 2.75) is 0 Å². The van der Waals surface area contributed by atoms with Gasteiger partial charge in [-0.25, -0.2) is 0 Å². The van der Waals surface area contributed by atoms with Gasteiger partial charge in [0, 0.05) is 33.5 Å². The number of nitrogens with zero attached hydrogens (tertiary/aromatic N) is 2. The van der Waals surface area contributed by atoms with Crippen molar-refractivity contribution < 1.29 is 0 Å². The minimum Gasteiger partial charge on any atom is -0.310 e. The van der Waals surface area contributed by atoms with Crippen molar-refractivity contribution in [3.63, 3.8) is 0 Å². The van der Waals surface area contributed by atoms with Crippen LogP contribution in [0.1, 0.15) is 22.3 Å². The first-order chi connectivity index (χ1) is 37.7. The van der Waals surface area contributed by atoms with Gasteiger partial charge in [-0.05, 0) is 150 Å². The van der Waals surface area contributed by atoms with Gasteiger partial charge in [0.25, 0.3) is 0 Å². The fourth-order valence-corrected chi connectivity index (χ4v) is 11.0. The summed E-state index contributed by atoms with van der Waals surface area (Å²) in [6, 6.07) is 105. The van der Waals surface area contributed by atoms with Crippen LogP contribution in [0.5, 0.6) is 0 Å². The predicted molar refractivity (Wildman–Crippen MR) is 327 cm³/mol. The molecule has 0 bridgehead atoms. The Morgan fingerprint density at radius 3 is 0.934 bits per heavy atom. The first-order valence-corrected chi connectivity index (χ1v) is 26.1. The zero-order chi connectivity index (χ0) is 50.6. The number of fused-ring (bicyclic) bond motifs is 5. The van der Waals surface area contributed by atoms with Crippen molar-refractivity contribution in [1.29, 1.82) is 0 Å². The summed E-state index contributed by atoms with van der Waals surface area (Å²) in [4.78, 5) is 4.71. The number of rotatable bonds is 12. The molecule has 2 nitrogen and oxygen atoms in total. The highest BCUT2D eigenvalue weighted by Gasteiger charge is 2.20. The Hall–Kier alpha value is -10.0. The molecule has 76 heavy (non-hydrogen) atoms. The third-order valence-electron chi connectivity index (χ3n) is 14.6. The van der Waals surface area contributed by atoms with Crippen LogP contribution in [0.4, 0.5) is 34.1 Å². The summed E-state index contributed by atoms with van der Waals surface area (Å²) < 4.78 is 0. The first-order valence-electron chi connectivity index (χ1n) is 26.1. The van der Waals surface area contributed by atoms with Gasteiger partial charge in [0.2, 0.25) is 0 Å².